The molecule has 0 fully saturated rings. The first kappa shape index (κ1) is 16.0. The highest BCUT2D eigenvalue weighted by molar-refractivity contribution is 7.13. The average molecular weight is 320 g/mol. The maximum atomic E-state index is 12.2. The highest BCUT2D eigenvalue weighted by Crippen LogP contribution is 2.26. The summed E-state index contributed by atoms with van der Waals surface area (Å²) in [7, 11) is 1.57. The SMILES string of the molecule is COc1ccc(NC(=O)[C@@H](C)c2nc(C)c(C(=O)O)s2)cc1. The second-order valence-electron chi connectivity index (χ2n) is 4.71. The summed E-state index contributed by atoms with van der Waals surface area (Å²) in [4.78, 5) is 27.6. The van der Waals surface area contributed by atoms with Crippen molar-refractivity contribution < 1.29 is 19.4 Å². The van der Waals surface area contributed by atoms with Crippen LogP contribution in [-0.2, 0) is 4.79 Å². The zero-order chi connectivity index (χ0) is 16.3. The van der Waals surface area contributed by atoms with Gasteiger partial charge in [-0.05, 0) is 38.1 Å². The number of aromatic nitrogens is 1. The number of methoxy groups -OCH3 is 1. The van der Waals surface area contributed by atoms with Crippen molar-refractivity contribution in [3.8, 4) is 5.75 Å². The number of carboxylic acid groups (broad SMARTS) is 1. The minimum Gasteiger partial charge on any atom is -0.497 e. The number of aryl methyl sites for hydroxylation is 1. The van der Waals surface area contributed by atoms with Gasteiger partial charge in [0.25, 0.3) is 0 Å². The molecule has 1 aromatic carbocycles. The Morgan fingerprint density at radius 2 is 1.95 bits per heavy atom. The summed E-state index contributed by atoms with van der Waals surface area (Å²) in [5.41, 5.74) is 1.07. The Hall–Kier alpha value is -2.41. The zero-order valence-electron chi connectivity index (χ0n) is 12.4. The number of anilines is 1. The predicted molar refractivity (Wildman–Crippen MR) is 83.8 cm³/mol. The predicted octanol–water partition coefficient (Wildman–Crippen LogP) is 2.90. The third-order valence-corrected chi connectivity index (χ3v) is 4.46. The Morgan fingerprint density at radius 3 is 2.45 bits per heavy atom. The van der Waals surface area contributed by atoms with Crippen molar-refractivity contribution in [1.82, 2.24) is 4.98 Å². The summed E-state index contributed by atoms with van der Waals surface area (Å²) < 4.78 is 5.05. The van der Waals surface area contributed by atoms with Crippen LogP contribution in [0.4, 0.5) is 5.69 Å². The van der Waals surface area contributed by atoms with Crippen molar-refractivity contribution in [2.24, 2.45) is 0 Å². The lowest BCUT2D eigenvalue weighted by atomic mass is 10.1. The lowest BCUT2D eigenvalue weighted by Gasteiger charge is -2.10. The van der Waals surface area contributed by atoms with Gasteiger partial charge in [0.1, 0.15) is 15.6 Å². The topological polar surface area (TPSA) is 88.5 Å². The molecule has 0 saturated carbocycles. The summed E-state index contributed by atoms with van der Waals surface area (Å²) in [6.07, 6.45) is 0. The quantitative estimate of drug-likeness (QED) is 0.884. The molecule has 1 heterocycles. The molecule has 22 heavy (non-hydrogen) atoms. The normalized spacial score (nSPS) is 11.8. The minimum atomic E-state index is -1.02. The largest absolute Gasteiger partial charge is 0.497 e. The fraction of sp³-hybridized carbons (Fsp3) is 0.267. The molecule has 0 unspecified atom stereocenters. The molecular weight excluding hydrogens is 304 g/mol. The summed E-state index contributed by atoms with van der Waals surface area (Å²) in [5.74, 6) is -1.09. The minimum absolute atomic E-state index is 0.166. The molecule has 0 radical (unpaired) electrons. The molecule has 2 aromatic rings. The van der Waals surface area contributed by atoms with E-state index < -0.39 is 11.9 Å². The van der Waals surface area contributed by atoms with E-state index in [9.17, 15) is 9.59 Å². The molecule has 2 rings (SSSR count). The fourth-order valence-corrected chi connectivity index (χ4v) is 2.79. The average Bonchev–Trinajstić information content (AvgIpc) is 2.89. The van der Waals surface area contributed by atoms with Gasteiger partial charge >= 0.3 is 5.97 Å². The molecule has 0 bridgehead atoms. The second-order valence-corrected chi connectivity index (χ2v) is 5.74. The van der Waals surface area contributed by atoms with Crippen LogP contribution in [0.1, 0.15) is 33.2 Å². The van der Waals surface area contributed by atoms with Gasteiger partial charge < -0.3 is 15.2 Å². The number of hydrogen-bond acceptors (Lipinski definition) is 5. The van der Waals surface area contributed by atoms with E-state index in [1.54, 1.807) is 45.2 Å². The molecule has 0 saturated heterocycles. The van der Waals surface area contributed by atoms with Crippen LogP contribution in [0.15, 0.2) is 24.3 Å². The number of rotatable bonds is 5. The van der Waals surface area contributed by atoms with E-state index >= 15 is 0 Å². The molecule has 6 nitrogen and oxygen atoms in total. The van der Waals surface area contributed by atoms with Crippen LogP contribution in [0, 0.1) is 6.92 Å². The van der Waals surface area contributed by atoms with Crippen LogP contribution < -0.4 is 10.1 Å². The molecule has 0 aliphatic rings. The highest BCUT2D eigenvalue weighted by atomic mass is 32.1. The lowest BCUT2D eigenvalue weighted by molar-refractivity contribution is -0.117. The van der Waals surface area contributed by atoms with Gasteiger partial charge in [-0.1, -0.05) is 0 Å². The lowest BCUT2D eigenvalue weighted by Crippen LogP contribution is -2.18. The smallest absolute Gasteiger partial charge is 0.347 e. The summed E-state index contributed by atoms with van der Waals surface area (Å²) in [5, 5.41) is 12.3. The van der Waals surface area contributed by atoms with Gasteiger partial charge in [-0.25, -0.2) is 9.78 Å². The van der Waals surface area contributed by atoms with Crippen LogP contribution in [0.2, 0.25) is 0 Å². The molecule has 0 aliphatic carbocycles. The molecule has 2 N–H and O–H groups in total. The van der Waals surface area contributed by atoms with Crippen molar-refractivity contribution in [1.29, 1.82) is 0 Å². The van der Waals surface area contributed by atoms with E-state index in [1.807, 2.05) is 0 Å². The standard InChI is InChI=1S/C15H16N2O4S/c1-8(14-16-9(2)12(22-14)15(19)20)13(18)17-10-4-6-11(21-3)7-5-10/h4-8H,1-3H3,(H,17,18)(H,19,20)/t8-/m1/s1. The van der Waals surface area contributed by atoms with Gasteiger partial charge in [0.15, 0.2) is 0 Å². The molecule has 1 aromatic heterocycles. The van der Waals surface area contributed by atoms with Crippen molar-refractivity contribution in [3.05, 3.63) is 39.8 Å². The van der Waals surface area contributed by atoms with E-state index in [-0.39, 0.29) is 10.8 Å². The van der Waals surface area contributed by atoms with E-state index in [1.165, 1.54) is 0 Å². The molecule has 0 spiro atoms. The first-order valence-corrected chi connectivity index (χ1v) is 7.39. The van der Waals surface area contributed by atoms with E-state index in [4.69, 9.17) is 9.84 Å². The van der Waals surface area contributed by atoms with Gasteiger partial charge in [0.2, 0.25) is 5.91 Å². The van der Waals surface area contributed by atoms with E-state index in [0.717, 1.165) is 11.3 Å². The number of thiazole rings is 1. The fourth-order valence-electron chi connectivity index (χ4n) is 1.84. The van der Waals surface area contributed by atoms with Crippen molar-refractivity contribution in [3.63, 3.8) is 0 Å². The Balaban J connectivity index is 2.11. The Kier molecular flexibility index (Phi) is 4.77. The number of aromatic carboxylic acids is 1. The van der Waals surface area contributed by atoms with Gasteiger partial charge in [0.05, 0.1) is 18.7 Å². The second kappa shape index (κ2) is 6.57. The summed E-state index contributed by atoms with van der Waals surface area (Å²) >= 11 is 1.03. The van der Waals surface area contributed by atoms with Crippen molar-refractivity contribution >= 4 is 28.9 Å². The number of benzene rings is 1. The van der Waals surface area contributed by atoms with Gasteiger partial charge in [-0.2, -0.15) is 0 Å². The van der Waals surface area contributed by atoms with Crippen LogP contribution in [0.25, 0.3) is 0 Å². The first-order chi connectivity index (χ1) is 10.4. The van der Waals surface area contributed by atoms with Crippen molar-refractivity contribution in [2.75, 3.05) is 12.4 Å². The number of carboxylic acids is 1. The Bertz CT molecular complexity index is 694. The molecule has 116 valence electrons. The number of ether oxygens (including phenoxy) is 1. The monoisotopic (exact) mass is 320 g/mol. The van der Waals surface area contributed by atoms with Gasteiger partial charge in [-0.15, -0.1) is 11.3 Å². The van der Waals surface area contributed by atoms with Gasteiger partial charge in [-0.3, -0.25) is 4.79 Å². The third kappa shape index (κ3) is 3.43. The molecule has 0 aliphatic heterocycles. The van der Waals surface area contributed by atoms with Crippen LogP contribution in [0.5, 0.6) is 5.75 Å². The number of nitrogens with one attached hydrogen (secondary N) is 1. The molecule has 7 heteroatoms. The van der Waals surface area contributed by atoms with Crippen LogP contribution in [0.3, 0.4) is 0 Å². The molecule has 1 amide bonds. The van der Waals surface area contributed by atoms with E-state index in [0.29, 0.717) is 22.1 Å². The summed E-state index contributed by atoms with van der Waals surface area (Å²) in [6.45, 7) is 3.32. The Labute approximate surface area is 131 Å². The number of nitrogens with zero attached hydrogens (tertiary/aromatic N) is 1. The number of hydrogen-bond donors (Lipinski definition) is 2. The third-order valence-electron chi connectivity index (χ3n) is 3.13. The maximum absolute atomic E-state index is 12.2. The first-order valence-electron chi connectivity index (χ1n) is 6.58. The number of amides is 1. The van der Waals surface area contributed by atoms with Crippen LogP contribution in [-0.4, -0.2) is 29.1 Å². The molecule has 1 atom stereocenters. The maximum Gasteiger partial charge on any atom is 0.347 e. The van der Waals surface area contributed by atoms with E-state index in [2.05, 4.69) is 10.3 Å². The van der Waals surface area contributed by atoms with Crippen molar-refractivity contribution in [2.45, 2.75) is 19.8 Å². The number of carbonyl (C=O) groups excluding carboxylic acids is 1. The van der Waals surface area contributed by atoms with Crippen LogP contribution >= 0.6 is 11.3 Å². The number of carbonyl (C=O) groups is 2. The van der Waals surface area contributed by atoms with Gasteiger partial charge in [0, 0.05) is 5.69 Å². The zero-order valence-corrected chi connectivity index (χ0v) is 13.2. The Morgan fingerprint density at radius 1 is 1.32 bits per heavy atom. The molecular formula is C15H16N2O4S. The highest BCUT2D eigenvalue weighted by Gasteiger charge is 2.22. The summed E-state index contributed by atoms with van der Waals surface area (Å²) in [6, 6.07) is 6.96.